The van der Waals surface area contributed by atoms with Crippen LogP contribution in [-0.2, 0) is 9.53 Å². The molecule has 1 amide bonds. The van der Waals surface area contributed by atoms with Crippen LogP contribution in [-0.4, -0.2) is 59.9 Å². The molecule has 0 aliphatic carbocycles. The summed E-state index contributed by atoms with van der Waals surface area (Å²) < 4.78 is 4.99. The highest BCUT2D eigenvalue weighted by atomic mass is 35.5. The van der Waals surface area contributed by atoms with Gasteiger partial charge < -0.3 is 9.64 Å². The van der Waals surface area contributed by atoms with Crippen LogP contribution in [0.25, 0.3) is 0 Å². The lowest BCUT2D eigenvalue weighted by Gasteiger charge is -2.38. The first kappa shape index (κ1) is 18.4. The van der Waals surface area contributed by atoms with E-state index in [1.165, 1.54) is 7.11 Å². The van der Waals surface area contributed by atoms with E-state index in [-0.39, 0.29) is 11.9 Å². The van der Waals surface area contributed by atoms with Crippen molar-refractivity contribution in [1.82, 2.24) is 14.8 Å². The van der Waals surface area contributed by atoms with Crippen molar-refractivity contribution in [1.29, 1.82) is 0 Å². The molecule has 7 heteroatoms. The Labute approximate surface area is 157 Å². The fraction of sp³-hybridized carbons (Fsp3) is 0.316. The van der Waals surface area contributed by atoms with Crippen molar-refractivity contribution < 1.29 is 14.3 Å². The molecule has 1 unspecified atom stereocenters. The average molecular weight is 374 g/mol. The van der Waals surface area contributed by atoms with Crippen molar-refractivity contribution in [3.05, 3.63) is 64.9 Å². The molecule has 6 nitrogen and oxygen atoms in total. The van der Waals surface area contributed by atoms with Crippen molar-refractivity contribution in [2.24, 2.45) is 0 Å². The van der Waals surface area contributed by atoms with Crippen LogP contribution in [0.1, 0.15) is 22.0 Å². The second kappa shape index (κ2) is 8.29. The molecule has 0 spiro atoms. The molecule has 0 saturated carbocycles. The molecule has 2 heterocycles. The number of hydrogen-bond donors (Lipinski definition) is 0. The molecular formula is C19H20ClN3O3. The van der Waals surface area contributed by atoms with Crippen molar-refractivity contribution in [2.75, 3.05) is 33.3 Å². The number of piperazine rings is 1. The van der Waals surface area contributed by atoms with Crippen LogP contribution in [0.15, 0.2) is 48.8 Å². The minimum Gasteiger partial charge on any atom is -0.468 e. The number of pyridine rings is 1. The highest BCUT2D eigenvalue weighted by Gasteiger charge is 2.33. The SMILES string of the molecule is COC(=O)C(c1ccccc1Cl)N1CCN(C(=O)c2cccnc2)CC1. The third-order valence-corrected chi connectivity index (χ3v) is 4.84. The molecule has 26 heavy (non-hydrogen) atoms. The summed E-state index contributed by atoms with van der Waals surface area (Å²) in [5.41, 5.74) is 1.28. The highest BCUT2D eigenvalue weighted by Crippen LogP contribution is 2.29. The van der Waals surface area contributed by atoms with E-state index in [9.17, 15) is 9.59 Å². The predicted octanol–water partition coefficient (Wildman–Crippen LogP) is 2.41. The monoisotopic (exact) mass is 373 g/mol. The number of rotatable bonds is 4. The molecule has 1 aliphatic rings. The van der Waals surface area contributed by atoms with E-state index in [0.717, 1.165) is 0 Å². The lowest BCUT2D eigenvalue weighted by Crippen LogP contribution is -2.51. The van der Waals surface area contributed by atoms with Gasteiger partial charge in [-0.2, -0.15) is 0 Å². The Morgan fingerprint density at radius 3 is 2.46 bits per heavy atom. The minimum absolute atomic E-state index is 0.0508. The Bertz CT molecular complexity index is 777. The number of ether oxygens (including phenoxy) is 1. The molecular weight excluding hydrogens is 354 g/mol. The van der Waals surface area contributed by atoms with Crippen LogP contribution < -0.4 is 0 Å². The summed E-state index contributed by atoms with van der Waals surface area (Å²) in [4.78, 5) is 32.7. The lowest BCUT2D eigenvalue weighted by atomic mass is 10.0. The van der Waals surface area contributed by atoms with Crippen LogP contribution in [0.3, 0.4) is 0 Å². The first-order chi connectivity index (χ1) is 12.6. The van der Waals surface area contributed by atoms with Crippen LogP contribution in [0.5, 0.6) is 0 Å². The zero-order chi connectivity index (χ0) is 18.5. The van der Waals surface area contributed by atoms with Crippen LogP contribution in [0.4, 0.5) is 0 Å². The standard InChI is InChI=1S/C19H20ClN3O3/c1-26-19(25)17(15-6-2-3-7-16(15)20)22-9-11-23(12-10-22)18(24)14-5-4-8-21-13-14/h2-8,13,17H,9-12H2,1H3. The van der Waals surface area contributed by atoms with Gasteiger partial charge in [-0.15, -0.1) is 0 Å². The summed E-state index contributed by atoms with van der Waals surface area (Å²) in [7, 11) is 1.37. The molecule has 0 radical (unpaired) electrons. The zero-order valence-corrected chi connectivity index (χ0v) is 15.2. The van der Waals surface area contributed by atoms with Gasteiger partial charge in [-0.25, -0.2) is 4.79 Å². The minimum atomic E-state index is -0.579. The molecule has 0 bridgehead atoms. The van der Waals surface area contributed by atoms with Gasteiger partial charge in [0, 0.05) is 43.6 Å². The molecule has 1 aliphatic heterocycles. The zero-order valence-electron chi connectivity index (χ0n) is 14.5. The van der Waals surface area contributed by atoms with Crippen LogP contribution >= 0.6 is 11.6 Å². The number of amides is 1. The summed E-state index contributed by atoms with van der Waals surface area (Å²) in [5.74, 6) is -0.407. The van der Waals surface area contributed by atoms with Gasteiger partial charge in [-0.3, -0.25) is 14.7 Å². The first-order valence-electron chi connectivity index (χ1n) is 8.37. The lowest BCUT2D eigenvalue weighted by molar-refractivity contribution is -0.148. The Hall–Kier alpha value is -2.44. The van der Waals surface area contributed by atoms with E-state index in [0.29, 0.717) is 42.3 Å². The van der Waals surface area contributed by atoms with Crippen LogP contribution in [0.2, 0.25) is 5.02 Å². The Balaban J connectivity index is 1.73. The fourth-order valence-corrected chi connectivity index (χ4v) is 3.38. The van der Waals surface area contributed by atoms with Gasteiger partial charge in [-0.05, 0) is 23.8 Å². The first-order valence-corrected chi connectivity index (χ1v) is 8.75. The largest absolute Gasteiger partial charge is 0.468 e. The second-order valence-electron chi connectivity index (χ2n) is 6.02. The van der Waals surface area contributed by atoms with Crippen LogP contribution in [0, 0.1) is 0 Å². The van der Waals surface area contributed by atoms with Gasteiger partial charge in [0.2, 0.25) is 0 Å². The molecule has 1 aromatic heterocycles. The van der Waals surface area contributed by atoms with E-state index in [1.807, 2.05) is 23.1 Å². The maximum atomic E-state index is 12.5. The van der Waals surface area contributed by atoms with Gasteiger partial charge >= 0.3 is 5.97 Å². The molecule has 136 valence electrons. The quantitative estimate of drug-likeness (QED) is 0.770. The number of nitrogens with zero attached hydrogens (tertiary/aromatic N) is 3. The normalized spacial score (nSPS) is 16.2. The summed E-state index contributed by atoms with van der Waals surface area (Å²) >= 11 is 6.29. The van der Waals surface area contributed by atoms with Crippen molar-refractivity contribution in [3.63, 3.8) is 0 Å². The Morgan fingerprint density at radius 2 is 1.85 bits per heavy atom. The summed E-state index contributed by atoms with van der Waals surface area (Å²) in [5, 5.41) is 0.525. The molecule has 3 rings (SSSR count). The third-order valence-electron chi connectivity index (χ3n) is 4.50. The number of carbonyl (C=O) groups excluding carboxylic acids is 2. The van der Waals surface area contributed by atoms with Crippen molar-refractivity contribution in [3.8, 4) is 0 Å². The van der Waals surface area contributed by atoms with Gasteiger partial charge in [0.05, 0.1) is 12.7 Å². The third kappa shape index (κ3) is 3.86. The molecule has 0 N–H and O–H groups in total. The van der Waals surface area contributed by atoms with Crippen molar-refractivity contribution in [2.45, 2.75) is 6.04 Å². The Kier molecular flexibility index (Phi) is 5.85. The summed E-state index contributed by atoms with van der Waals surface area (Å²) in [6.45, 7) is 2.14. The molecule has 1 saturated heterocycles. The maximum Gasteiger partial charge on any atom is 0.327 e. The van der Waals surface area contributed by atoms with Crippen molar-refractivity contribution >= 4 is 23.5 Å². The van der Waals surface area contributed by atoms with Gasteiger partial charge in [-0.1, -0.05) is 29.8 Å². The Morgan fingerprint density at radius 1 is 1.12 bits per heavy atom. The number of halogens is 1. The molecule has 2 aromatic rings. The number of esters is 1. The van der Waals surface area contributed by atoms with E-state index in [2.05, 4.69) is 4.98 Å². The van der Waals surface area contributed by atoms with E-state index in [1.54, 1.807) is 35.5 Å². The van der Waals surface area contributed by atoms with E-state index < -0.39 is 6.04 Å². The number of aromatic nitrogens is 1. The number of methoxy groups -OCH3 is 1. The summed E-state index contributed by atoms with van der Waals surface area (Å²) in [6, 6.07) is 10.2. The molecule has 1 aromatic carbocycles. The molecule has 1 atom stereocenters. The second-order valence-corrected chi connectivity index (χ2v) is 6.42. The van der Waals surface area contributed by atoms with E-state index in [4.69, 9.17) is 16.3 Å². The number of benzene rings is 1. The fourth-order valence-electron chi connectivity index (χ4n) is 3.14. The smallest absolute Gasteiger partial charge is 0.327 e. The molecule has 1 fully saturated rings. The topological polar surface area (TPSA) is 62.7 Å². The van der Waals surface area contributed by atoms with Gasteiger partial charge in [0.25, 0.3) is 5.91 Å². The average Bonchev–Trinajstić information content (AvgIpc) is 2.70. The predicted molar refractivity (Wildman–Crippen MR) is 97.9 cm³/mol. The van der Waals surface area contributed by atoms with Gasteiger partial charge in [0.1, 0.15) is 6.04 Å². The summed E-state index contributed by atoms with van der Waals surface area (Å²) in [6.07, 6.45) is 3.20. The van der Waals surface area contributed by atoms with E-state index >= 15 is 0 Å². The number of carbonyl (C=O) groups is 2. The number of hydrogen-bond acceptors (Lipinski definition) is 5. The maximum absolute atomic E-state index is 12.5. The highest BCUT2D eigenvalue weighted by molar-refractivity contribution is 6.31. The van der Waals surface area contributed by atoms with Gasteiger partial charge in [0.15, 0.2) is 0 Å².